The van der Waals surface area contributed by atoms with Crippen molar-refractivity contribution in [2.45, 2.75) is 19.3 Å². The van der Waals surface area contributed by atoms with E-state index in [1.165, 1.54) is 0 Å². The number of nitrogens with zero attached hydrogens (tertiary/aromatic N) is 2. The molecule has 19 heavy (non-hydrogen) atoms. The maximum Gasteiger partial charge on any atom is 0.223 e. The molecule has 1 aromatic carbocycles. The van der Waals surface area contributed by atoms with Crippen LogP contribution in [-0.2, 0) is 11.2 Å². The van der Waals surface area contributed by atoms with E-state index in [1.807, 2.05) is 47.3 Å². The van der Waals surface area contributed by atoms with Gasteiger partial charge in [-0.3, -0.25) is 4.79 Å². The van der Waals surface area contributed by atoms with Gasteiger partial charge in [0.15, 0.2) is 0 Å². The van der Waals surface area contributed by atoms with Crippen LogP contribution in [0.15, 0.2) is 42.6 Å². The van der Waals surface area contributed by atoms with Gasteiger partial charge in [-0.1, -0.05) is 18.2 Å². The molecule has 1 amide bonds. The fourth-order valence-corrected chi connectivity index (χ4v) is 2.48. The lowest BCUT2D eigenvalue weighted by molar-refractivity contribution is -0.126. The molecule has 1 aromatic heterocycles. The van der Waals surface area contributed by atoms with E-state index in [0.717, 1.165) is 37.2 Å². The number of nitrogens with one attached hydrogen (secondary N) is 1. The average Bonchev–Trinajstić information content (AvgIpc) is 2.91. The summed E-state index contributed by atoms with van der Waals surface area (Å²) in [6.07, 6.45) is 4.71. The van der Waals surface area contributed by atoms with Gasteiger partial charge in [-0.05, 0) is 31.0 Å². The van der Waals surface area contributed by atoms with Crippen LogP contribution in [0.2, 0.25) is 0 Å². The van der Waals surface area contributed by atoms with Crippen LogP contribution in [0.1, 0.15) is 18.5 Å². The first-order chi connectivity index (χ1) is 9.33. The molecular formula is C15H17N3O. The predicted octanol–water partition coefficient (Wildman–Crippen LogP) is 1.94. The van der Waals surface area contributed by atoms with E-state index in [0.29, 0.717) is 0 Å². The summed E-state index contributed by atoms with van der Waals surface area (Å²) in [6.45, 7) is 0.813. The Labute approximate surface area is 112 Å². The highest BCUT2D eigenvalue weighted by Gasteiger charge is 2.22. The molecular weight excluding hydrogens is 238 g/mol. The highest BCUT2D eigenvalue weighted by molar-refractivity contribution is 5.79. The van der Waals surface area contributed by atoms with Crippen LogP contribution >= 0.6 is 0 Å². The summed E-state index contributed by atoms with van der Waals surface area (Å²) in [5.74, 6) is 0.244. The summed E-state index contributed by atoms with van der Waals surface area (Å²) in [4.78, 5) is 11.7. The van der Waals surface area contributed by atoms with Crippen molar-refractivity contribution in [1.29, 1.82) is 0 Å². The fraction of sp³-hybridized carbons (Fsp3) is 0.333. The molecule has 0 aliphatic carbocycles. The van der Waals surface area contributed by atoms with Gasteiger partial charge >= 0.3 is 0 Å². The summed E-state index contributed by atoms with van der Waals surface area (Å²) in [6, 6.07) is 12.0. The molecule has 0 spiro atoms. The first-order valence-electron chi connectivity index (χ1n) is 6.70. The molecule has 98 valence electrons. The Hall–Kier alpha value is -2.10. The Balaban J connectivity index is 1.73. The molecule has 0 radical (unpaired) electrons. The van der Waals surface area contributed by atoms with Gasteiger partial charge in [-0.2, -0.15) is 5.10 Å². The van der Waals surface area contributed by atoms with E-state index >= 15 is 0 Å². The Morgan fingerprint density at radius 1 is 1.26 bits per heavy atom. The second-order valence-corrected chi connectivity index (χ2v) is 4.92. The number of hydrogen-bond acceptors (Lipinski definition) is 2. The van der Waals surface area contributed by atoms with E-state index in [4.69, 9.17) is 0 Å². The third-order valence-electron chi connectivity index (χ3n) is 3.52. The topological polar surface area (TPSA) is 46.9 Å². The van der Waals surface area contributed by atoms with Crippen molar-refractivity contribution in [2.24, 2.45) is 5.92 Å². The number of carbonyl (C=O) groups excluding carboxylic acids is 1. The number of benzene rings is 1. The summed E-state index contributed by atoms with van der Waals surface area (Å²) in [5, 5.41) is 7.46. The molecule has 1 fully saturated rings. The summed E-state index contributed by atoms with van der Waals surface area (Å²) >= 11 is 0. The zero-order valence-corrected chi connectivity index (χ0v) is 10.7. The molecule has 1 saturated heterocycles. The number of rotatable bonds is 3. The van der Waals surface area contributed by atoms with Crippen molar-refractivity contribution in [3.63, 3.8) is 0 Å². The van der Waals surface area contributed by atoms with Crippen molar-refractivity contribution in [3.8, 4) is 5.69 Å². The minimum atomic E-state index is 0.0767. The minimum absolute atomic E-state index is 0.0767. The zero-order chi connectivity index (χ0) is 13.1. The smallest absolute Gasteiger partial charge is 0.223 e. The molecule has 1 N–H and O–H groups in total. The monoisotopic (exact) mass is 255 g/mol. The average molecular weight is 255 g/mol. The normalized spacial score (nSPS) is 19.2. The molecule has 1 aliphatic rings. The van der Waals surface area contributed by atoms with Crippen LogP contribution in [0.5, 0.6) is 0 Å². The second kappa shape index (κ2) is 5.26. The van der Waals surface area contributed by atoms with Gasteiger partial charge in [0.25, 0.3) is 0 Å². The number of piperidine rings is 1. The van der Waals surface area contributed by atoms with E-state index < -0.39 is 0 Å². The minimum Gasteiger partial charge on any atom is -0.356 e. The van der Waals surface area contributed by atoms with E-state index in [9.17, 15) is 4.79 Å². The third kappa shape index (κ3) is 2.67. The molecule has 1 unspecified atom stereocenters. The third-order valence-corrected chi connectivity index (χ3v) is 3.52. The fourth-order valence-electron chi connectivity index (χ4n) is 2.48. The van der Waals surface area contributed by atoms with Gasteiger partial charge in [0, 0.05) is 25.1 Å². The van der Waals surface area contributed by atoms with Gasteiger partial charge in [-0.15, -0.1) is 0 Å². The number of aromatic nitrogens is 2. The molecule has 0 bridgehead atoms. The van der Waals surface area contributed by atoms with Gasteiger partial charge in [0.1, 0.15) is 0 Å². The van der Waals surface area contributed by atoms with E-state index in [1.54, 1.807) is 0 Å². The first kappa shape index (κ1) is 12.0. The maximum absolute atomic E-state index is 11.7. The predicted molar refractivity (Wildman–Crippen MR) is 73.0 cm³/mol. The van der Waals surface area contributed by atoms with Crippen molar-refractivity contribution >= 4 is 5.91 Å². The molecule has 1 atom stereocenters. The van der Waals surface area contributed by atoms with Crippen molar-refractivity contribution in [3.05, 3.63) is 48.3 Å². The zero-order valence-electron chi connectivity index (χ0n) is 10.7. The Bertz CT molecular complexity index is 562. The van der Waals surface area contributed by atoms with E-state index in [2.05, 4.69) is 10.4 Å². The van der Waals surface area contributed by atoms with Crippen LogP contribution in [0, 0.1) is 5.92 Å². The van der Waals surface area contributed by atoms with Gasteiger partial charge < -0.3 is 5.32 Å². The molecule has 4 nitrogen and oxygen atoms in total. The lowest BCUT2D eigenvalue weighted by Gasteiger charge is -2.20. The van der Waals surface area contributed by atoms with Gasteiger partial charge in [0.05, 0.1) is 11.4 Å². The molecule has 3 rings (SSSR count). The number of para-hydroxylation sites is 1. The Morgan fingerprint density at radius 2 is 2.11 bits per heavy atom. The lowest BCUT2D eigenvalue weighted by atomic mass is 9.94. The standard InChI is InChI=1S/C15H17N3O/c19-15-12(5-4-9-16-15)11-13-8-10-18(17-13)14-6-2-1-3-7-14/h1-3,6-8,10,12H,4-5,9,11H2,(H,16,19). The van der Waals surface area contributed by atoms with Crippen LogP contribution < -0.4 is 5.32 Å². The van der Waals surface area contributed by atoms with Crippen LogP contribution in [0.25, 0.3) is 5.69 Å². The molecule has 4 heteroatoms. The van der Waals surface area contributed by atoms with Crippen molar-refractivity contribution in [1.82, 2.24) is 15.1 Å². The lowest BCUT2D eigenvalue weighted by Crippen LogP contribution is -2.37. The summed E-state index contributed by atoms with van der Waals surface area (Å²) in [7, 11) is 0. The van der Waals surface area contributed by atoms with E-state index in [-0.39, 0.29) is 11.8 Å². The molecule has 2 heterocycles. The highest BCUT2D eigenvalue weighted by Crippen LogP contribution is 2.17. The SMILES string of the molecule is O=C1NCCCC1Cc1ccn(-c2ccccc2)n1. The van der Waals surface area contributed by atoms with Crippen molar-refractivity contribution < 1.29 is 4.79 Å². The van der Waals surface area contributed by atoms with Crippen molar-refractivity contribution in [2.75, 3.05) is 6.54 Å². The summed E-state index contributed by atoms with van der Waals surface area (Å²) < 4.78 is 1.86. The first-order valence-corrected chi connectivity index (χ1v) is 6.70. The maximum atomic E-state index is 11.7. The highest BCUT2D eigenvalue weighted by atomic mass is 16.1. The van der Waals surface area contributed by atoms with Crippen LogP contribution in [-0.4, -0.2) is 22.2 Å². The number of amides is 1. The second-order valence-electron chi connectivity index (χ2n) is 4.92. The molecule has 2 aromatic rings. The largest absolute Gasteiger partial charge is 0.356 e. The molecule has 0 saturated carbocycles. The summed E-state index contributed by atoms with van der Waals surface area (Å²) in [5.41, 5.74) is 2.02. The Kier molecular flexibility index (Phi) is 3.31. The van der Waals surface area contributed by atoms with Crippen LogP contribution in [0.4, 0.5) is 0 Å². The van der Waals surface area contributed by atoms with Gasteiger partial charge in [0.2, 0.25) is 5.91 Å². The number of carbonyl (C=O) groups is 1. The van der Waals surface area contributed by atoms with Crippen LogP contribution in [0.3, 0.4) is 0 Å². The quantitative estimate of drug-likeness (QED) is 0.911. The molecule has 1 aliphatic heterocycles. The van der Waals surface area contributed by atoms with Gasteiger partial charge in [-0.25, -0.2) is 4.68 Å². The number of hydrogen-bond donors (Lipinski definition) is 1. The Morgan fingerprint density at radius 3 is 2.89 bits per heavy atom.